The summed E-state index contributed by atoms with van der Waals surface area (Å²) >= 11 is 0. The number of hydrogen-bond acceptors (Lipinski definition) is 3. The Morgan fingerprint density at radius 3 is 1.60 bits per heavy atom. The first-order valence-corrected chi connectivity index (χ1v) is 30.5. The first kappa shape index (κ1) is 55.0. The molecular formula is C82H65N5O. The van der Waals surface area contributed by atoms with Crippen molar-refractivity contribution in [3.8, 4) is 95.8 Å². The lowest BCUT2D eigenvalue weighted by molar-refractivity contribution is -0.676. The maximum absolute atomic E-state index is 9.89. The lowest BCUT2D eigenvalue weighted by atomic mass is 9.85. The zero-order valence-corrected chi connectivity index (χ0v) is 49.7. The van der Waals surface area contributed by atoms with Crippen LogP contribution in [0, 0.1) is 17.7 Å². The van der Waals surface area contributed by atoms with Crippen LogP contribution in [0.3, 0.4) is 0 Å². The van der Waals surface area contributed by atoms with Gasteiger partial charge in [-0.1, -0.05) is 197 Å². The first-order chi connectivity index (χ1) is 43.2. The van der Waals surface area contributed by atoms with Crippen molar-refractivity contribution >= 4 is 32.8 Å². The Morgan fingerprint density at radius 1 is 0.455 bits per heavy atom. The highest BCUT2D eigenvalue weighted by molar-refractivity contribution is 6.10. The average molecular weight is 1140 g/mol. The van der Waals surface area contributed by atoms with Crippen molar-refractivity contribution in [1.82, 2.24) is 14.1 Å². The molecule has 14 rings (SSSR count). The van der Waals surface area contributed by atoms with E-state index in [0.29, 0.717) is 17.1 Å². The minimum Gasteiger partial charge on any atom is -0.458 e. The Kier molecular flexibility index (Phi) is 14.9. The van der Waals surface area contributed by atoms with E-state index in [4.69, 9.17) is 9.72 Å². The molecule has 6 heteroatoms. The molecule has 0 radical (unpaired) electrons. The molecule has 0 atom stereocenters. The molecule has 0 unspecified atom stereocenters. The number of aromatic nitrogens is 4. The van der Waals surface area contributed by atoms with Gasteiger partial charge in [-0.15, -0.1) is 0 Å². The molecule has 11 aromatic carbocycles. The number of benzene rings is 11. The van der Waals surface area contributed by atoms with Gasteiger partial charge in [0.25, 0.3) is 0 Å². The van der Waals surface area contributed by atoms with E-state index in [1.165, 1.54) is 77.9 Å². The predicted octanol–water partition coefficient (Wildman–Crippen LogP) is 20.6. The largest absolute Gasteiger partial charge is 0.458 e. The number of hydrogen-bond donors (Lipinski definition) is 0. The third-order valence-corrected chi connectivity index (χ3v) is 17.1. The minimum atomic E-state index is -0.0660. The summed E-state index contributed by atoms with van der Waals surface area (Å²) in [6, 6.07) is 99.8. The van der Waals surface area contributed by atoms with Crippen LogP contribution in [0.25, 0.3) is 111 Å². The molecule has 0 aliphatic carbocycles. The molecule has 0 spiro atoms. The second-order valence-electron chi connectivity index (χ2n) is 23.9. The van der Waals surface area contributed by atoms with Gasteiger partial charge >= 0.3 is 0 Å². The Morgan fingerprint density at radius 2 is 1.01 bits per heavy atom. The van der Waals surface area contributed by atoms with Crippen LogP contribution in [-0.4, -0.2) is 14.1 Å². The summed E-state index contributed by atoms with van der Waals surface area (Å²) in [4.78, 5) is 4.88. The Bertz CT molecular complexity index is 4630. The van der Waals surface area contributed by atoms with Crippen molar-refractivity contribution in [2.45, 2.75) is 58.4 Å². The average Bonchev–Trinajstić information content (AvgIpc) is 1.70. The normalized spacial score (nSPS) is 11.6. The zero-order chi connectivity index (χ0) is 59.6. The van der Waals surface area contributed by atoms with Crippen molar-refractivity contribution < 1.29 is 9.30 Å². The van der Waals surface area contributed by atoms with Crippen LogP contribution in [-0.2, 0) is 18.4 Å². The standard InChI is InChI=1S/C82H65N5O/c1-82(2,3)68-42-43-84-81(52-68)87-77-41-38-57(55-83)45-76(77)75-40-39-71(54-80(75)87)88-70-32-21-31-69(53-70)86-56-85(78-36-18-19-37-79(78)86)44-20-8-17-33-74-72(66-48-62(58-23-9-4-10-24-58)46-63(49-66)59-25-11-5-12-26-59)34-22-35-73(74)67-50-64(60-27-13-6-14-28-60)47-65(51-67)61-29-15-7-16-30-61/h4-7,9-16,18-19,21-32,34-43,45-54H,8,17,20,33,44H2,1-3H3. The number of imidazole rings is 1. The van der Waals surface area contributed by atoms with Gasteiger partial charge in [0.1, 0.15) is 17.3 Å². The molecule has 0 bridgehead atoms. The second kappa shape index (κ2) is 23.9. The fourth-order valence-electron chi connectivity index (χ4n) is 12.6. The third-order valence-electron chi connectivity index (χ3n) is 17.1. The fraction of sp³-hybridized carbons (Fsp3) is 0.110. The van der Waals surface area contributed by atoms with E-state index in [0.717, 1.165) is 76.6 Å². The molecule has 0 saturated carbocycles. The van der Waals surface area contributed by atoms with Gasteiger partial charge in [0.15, 0.2) is 0 Å². The van der Waals surface area contributed by atoms with Gasteiger partial charge in [-0.2, -0.15) is 5.26 Å². The van der Waals surface area contributed by atoms with Crippen LogP contribution in [0.5, 0.6) is 11.5 Å². The van der Waals surface area contributed by atoms with E-state index in [1.54, 1.807) is 0 Å². The maximum atomic E-state index is 9.89. The highest BCUT2D eigenvalue weighted by atomic mass is 16.5. The maximum Gasteiger partial charge on any atom is 0.244 e. The van der Waals surface area contributed by atoms with Gasteiger partial charge in [-0.05, 0) is 200 Å². The third kappa shape index (κ3) is 11.2. The molecule has 3 heterocycles. The molecule has 14 aromatic rings. The van der Waals surface area contributed by atoms with Gasteiger partial charge in [0.2, 0.25) is 6.33 Å². The number of para-hydroxylation sites is 2. The molecule has 0 amide bonds. The first-order valence-electron chi connectivity index (χ1n) is 30.5. The summed E-state index contributed by atoms with van der Waals surface area (Å²) in [6.07, 6.45) is 9.57. The molecular weight excluding hydrogens is 1070 g/mol. The molecule has 0 fully saturated rings. The number of nitriles is 1. The summed E-state index contributed by atoms with van der Waals surface area (Å²) in [6.45, 7) is 7.46. The van der Waals surface area contributed by atoms with Gasteiger partial charge in [-0.25, -0.2) is 4.98 Å². The van der Waals surface area contributed by atoms with E-state index in [2.05, 4.69) is 283 Å². The molecule has 6 nitrogen and oxygen atoms in total. The SMILES string of the molecule is CC(C)(C)c1ccnc(-n2c3ccc(C#N)cc3c3ccc(Oc4cccc(-n5[c-][n+](CCCCCc6c(-c7cc(-c8ccccc8)cc(-c8ccccc8)c7)cccc6-c6cc(-c7ccccc7)cc(-c7ccccc7)c6)c6ccccc65)c4)cc32)c1. The zero-order valence-electron chi connectivity index (χ0n) is 49.7. The van der Waals surface area contributed by atoms with Crippen LogP contribution in [0.1, 0.15) is 56.7 Å². The topological polar surface area (TPSA) is 59.7 Å². The molecule has 0 aliphatic heterocycles. The highest BCUT2D eigenvalue weighted by Crippen LogP contribution is 2.42. The van der Waals surface area contributed by atoms with E-state index in [9.17, 15) is 5.26 Å². The smallest absolute Gasteiger partial charge is 0.244 e. The number of ether oxygens (including phenoxy) is 1. The Hall–Kier alpha value is -10.9. The second-order valence-corrected chi connectivity index (χ2v) is 23.9. The van der Waals surface area contributed by atoms with Crippen molar-refractivity contribution in [2.75, 3.05) is 0 Å². The van der Waals surface area contributed by atoms with Crippen molar-refractivity contribution in [3.05, 3.63) is 302 Å². The van der Waals surface area contributed by atoms with Crippen LogP contribution in [0.15, 0.2) is 279 Å². The number of rotatable bonds is 16. The summed E-state index contributed by atoms with van der Waals surface area (Å²) in [7, 11) is 0. The van der Waals surface area contributed by atoms with Crippen molar-refractivity contribution in [1.29, 1.82) is 5.26 Å². The van der Waals surface area contributed by atoms with E-state index in [1.807, 2.05) is 42.6 Å². The molecule has 0 N–H and O–H groups in total. The van der Waals surface area contributed by atoms with Gasteiger partial charge in [0.05, 0.1) is 45.9 Å². The molecule has 0 aliphatic rings. The lowest BCUT2D eigenvalue weighted by Crippen LogP contribution is -2.32. The van der Waals surface area contributed by atoms with Gasteiger partial charge < -0.3 is 13.9 Å². The predicted molar refractivity (Wildman–Crippen MR) is 361 cm³/mol. The Labute approximate surface area is 515 Å². The summed E-state index contributed by atoms with van der Waals surface area (Å²) in [5.41, 5.74) is 22.7. The monoisotopic (exact) mass is 1140 g/mol. The number of aryl methyl sites for hydroxylation is 1. The quantitative estimate of drug-likeness (QED) is 0.0550. The number of unbranched alkanes of at least 4 members (excludes halogenated alkanes) is 2. The van der Waals surface area contributed by atoms with Gasteiger partial charge in [-0.3, -0.25) is 4.57 Å². The van der Waals surface area contributed by atoms with E-state index < -0.39 is 0 Å². The Balaban J connectivity index is 0.771. The molecule has 88 heavy (non-hydrogen) atoms. The molecule has 0 saturated heterocycles. The number of fused-ring (bicyclic) bond motifs is 4. The molecule has 424 valence electrons. The fourth-order valence-corrected chi connectivity index (χ4v) is 12.6. The van der Waals surface area contributed by atoms with Crippen LogP contribution in [0.2, 0.25) is 0 Å². The summed E-state index contributed by atoms with van der Waals surface area (Å²) in [5, 5.41) is 11.9. The van der Waals surface area contributed by atoms with Crippen molar-refractivity contribution in [3.63, 3.8) is 0 Å². The van der Waals surface area contributed by atoms with E-state index in [-0.39, 0.29) is 5.41 Å². The summed E-state index contributed by atoms with van der Waals surface area (Å²) in [5.74, 6) is 2.22. The van der Waals surface area contributed by atoms with E-state index >= 15 is 0 Å². The number of pyridine rings is 1. The molecule has 3 aromatic heterocycles. The summed E-state index contributed by atoms with van der Waals surface area (Å²) < 4.78 is 13.4. The van der Waals surface area contributed by atoms with Crippen molar-refractivity contribution in [2.24, 2.45) is 0 Å². The van der Waals surface area contributed by atoms with Crippen LogP contribution in [0.4, 0.5) is 0 Å². The highest BCUT2D eigenvalue weighted by Gasteiger charge is 2.21. The van der Waals surface area contributed by atoms with Gasteiger partial charge in [0, 0.05) is 23.0 Å². The lowest BCUT2D eigenvalue weighted by Gasteiger charge is -2.20. The minimum absolute atomic E-state index is 0.0660. The van der Waals surface area contributed by atoms with Crippen LogP contribution >= 0.6 is 0 Å². The number of nitrogens with zero attached hydrogens (tertiary/aromatic N) is 5. The van der Waals surface area contributed by atoms with Crippen LogP contribution < -0.4 is 9.30 Å².